The highest BCUT2D eigenvalue weighted by Crippen LogP contribution is 2.69. The first kappa shape index (κ1) is 15.5. The summed E-state index contributed by atoms with van der Waals surface area (Å²) in [5.41, 5.74) is -6.19. The maximum atomic E-state index is 13.3. The molecular formula is C11H5F8NO. The smallest absolute Gasteiger partial charge is 0.269 e. The van der Waals surface area contributed by atoms with Crippen LogP contribution in [-0.4, -0.2) is 34.7 Å². The van der Waals surface area contributed by atoms with Crippen LogP contribution in [0.5, 0.6) is 0 Å². The van der Waals surface area contributed by atoms with Crippen LogP contribution in [0.1, 0.15) is 10.4 Å². The van der Waals surface area contributed by atoms with Gasteiger partial charge in [0.25, 0.3) is 5.91 Å². The first-order valence-electron chi connectivity index (χ1n) is 5.30. The molecule has 0 saturated carbocycles. The Kier molecular flexibility index (Phi) is 3.01. The molecule has 0 radical (unpaired) electrons. The molecule has 0 spiro atoms. The summed E-state index contributed by atoms with van der Waals surface area (Å²) in [5, 5.41) is 0. The predicted molar refractivity (Wildman–Crippen MR) is 52.4 cm³/mol. The molecule has 1 aliphatic rings. The van der Waals surface area contributed by atoms with Gasteiger partial charge in [-0.15, -0.1) is 0 Å². The van der Waals surface area contributed by atoms with E-state index in [1.807, 2.05) is 0 Å². The SMILES string of the molecule is O=C(c1ccccc1)N1C(F)(F)C1(C(F)(F)F)C(F)(F)F. The number of alkyl halides is 8. The van der Waals surface area contributed by atoms with E-state index in [2.05, 4.69) is 0 Å². The molecule has 1 aliphatic heterocycles. The quantitative estimate of drug-likeness (QED) is 0.440. The molecule has 1 aromatic carbocycles. The van der Waals surface area contributed by atoms with Crippen molar-refractivity contribution in [3.05, 3.63) is 35.9 Å². The number of carbonyl (C=O) groups is 1. The molecule has 2 rings (SSSR count). The van der Waals surface area contributed by atoms with Gasteiger partial charge < -0.3 is 0 Å². The number of halogens is 8. The maximum absolute atomic E-state index is 13.3. The van der Waals surface area contributed by atoms with Crippen molar-refractivity contribution in [2.75, 3.05) is 0 Å². The van der Waals surface area contributed by atoms with Crippen LogP contribution < -0.4 is 0 Å². The molecule has 0 aromatic heterocycles. The van der Waals surface area contributed by atoms with E-state index in [1.54, 1.807) is 0 Å². The van der Waals surface area contributed by atoms with Crippen LogP contribution in [0.2, 0.25) is 0 Å². The zero-order valence-electron chi connectivity index (χ0n) is 9.77. The molecule has 1 fully saturated rings. The summed E-state index contributed by atoms with van der Waals surface area (Å²) in [6.45, 7) is 0. The van der Waals surface area contributed by atoms with Crippen LogP contribution in [0.25, 0.3) is 0 Å². The zero-order chi connectivity index (χ0) is 16.3. The van der Waals surface area contributed by atoms with Gasteiger partial charge >= 0.3 is 23.9 Å². The van der Waals surface area contributed by atoms with Gasteiger partial charge in [0.2, 0.25) is 0 Å². The Morgan fingerprint density at radius 2 is 1.33 bits per heavy atom. The van der Waals surface area contributed by atoms with E-state index in [1.165, 1.54) is 6.07 Å². The largest absolute Gasteiger partial charge is 0.429 e. The van der Waals surface area contributed by atoms with Crippen LogP contribution in [0, 0.1) is 0 Å². The summed E-state index contributed by atoms with van der Waals surface area (Å²) < 4.78 is 102. The molecule has 1 amide bonds. The molecule has 1 aromatic rings. The fourth-order valence-electron chi connectivity index (χ4n) is 2.05. The van der Waals surface area contributed by atoms with E-state index in [9.17, 15) is 39.9 Å². The van der Waals surface area contributed by atoms with Gasteiger partial charge in [-0.2, -0.15) is 35.1 Å². The van der Waals surface area contributed by atoms with E-state index in [4.69, 9.17) is 0 Å². The van der Waals surface area contributed by atoms with Crippen molar-refractivity contribution in [2.24, 2.45) is 0 Å². The standard InChI is InChI=1S/C11H5F8NO/c12-9(13,14)8(10(15,16)17)11(18,19)20(8)7(21)6-4-2-1-3-5-6/h1-5H. The lowest BCUT2D eigenvalue weighted by Crippen LogP contribution is -2.52. The summed E-state index contributed by atoms with van der Waals surface area (Å²) in [6.07, 6.45) is -12.7. The summed E-state index contributed by atoms with van der Waals surface area (Å²) in [5.74, 6) is -2.05. The van der Waals surface area contributed by atoms with E-state index < -0.39 is 40.3 Å². The minimum atomic E-state index is -6.36. The fraction of sp³-hybridized carbons (Fsp3) is 0.364. The van der Waals surface area contributed by atoms with Gasteiger partial charge in [0, 0.05) is 5.56 Å². The highest BCUT2D eigenvalue weighted by atomic mass is 19.4. The first-order valence-corrected chi connectivity index (χ1v) is 5.30. The Bertz CT molecular complexity index is 548. The highest BCUT2D eigenvalue weighted by molar-refractivity contribution is 5.97. The van der Waals surface area contributed by atoms with Gasteiger partial charge in [0.15, 0.2) is 0 Å². The molecule has 0 aliphatic carbocycles. The Morgan fingerprint density at radius 3 is 1.67 bits per heavy atom. The molecule has 0 bridgehead atoms. The van der Waals surface area contributed by atoms with Gasteiger partial charge in [-0.05, 0) is 12.1 Å². The van der Waals surface area contributed by atoms with Gasteiger partial charge in [0.05, 0.1) is 0 Å². The van der Waals surface area contributed by atoms with Crippen molar-refractivity contribution in [1.29, 1.82) is 0 Å². The topological polar surface area (TPSA) is 20.1 Å². The molecule has 0 atom stereocenters. The molecule has 0 unspecified atom stereocenters. The molecule has 1 saturated heterocycles. The normalized spacial score (nSPS) is 20.3. The molecular weight excluding hydrogens is 314 g/mol. The highest BCUT2D eigenvalue weighted by Gasteiger charge is 3.02. The van der Waals surface area contributed by atoms with Crippen molar-refractivity contribution in [3.8, 4) is 0 Å². The predicted octanol–water partition coefficient (Wildman–Crippen LogP) is 3.60. The van der Waals surface area contributed by atoms with Gasteiger partial charge in [-0.25, -0.2) is 4.90 Å². The number of amides is 1. The molecule has 10 heteroatoms. The average Bonchev–Trinajstić information content (AvgIpc) is 2.87. The maximum Gasteiger partial charge on any atom is 0.429 e. The Morgan fingerprint density at radius 1 is 0.905 bits per heavy atom. The second-order valence-corrected chi connectivity index (χ2v) is 4.25. The lowest BCUT2D eigenvalue weighted by molar-refractivity contribution is -0.288. The van der Waals surface area contributed by atoms with E-state index >= 15 is 0 Å². The van der Waals surface area contributed by atoms with Crippen LogP contribution in [0.3, 0.4) is 0 Å². The fourth-order valence-corrected chi connectivity index (χ4v) is 2.05. The minimum absolute atomic E-state index is 0.701. The lowest BCUT2D eigenvalue weighted by atomic mass is 10.1. The van der Waals surface area contributed by atoms with Crippen LogP contribution in [0.4, 0.5) is 35.1 Å². The Hall–Kier alpha value is -1.87. The molecule has 116 valence electrons. The lowest BCUT2D eigenvalue weighted by Gasteiger charge is -2.21. The summed E-state index contributed by atoms with van der Waals surface area (Å²) in [6, 6.07) is -0.147. The number of benzene rings is 1. The third kappa shape index (κ3) is 1.80. The second kappa shape index (κ2) is 4.08. The number of nitrogens with zero attached hydrogens (tertiary/aromatic N) is 1. The minimum Gasteiger partial charge on any atom is -0.269 e. The zero-order valence-corrected chi connectivity index (χ0v) is 9.77. The summed E-state index contributed by atoms with van der Waals surface area (Å²) >= 11 is 0. The number of carbonyl (C=O) groups excluding carboxylic acids is 1. The van der Waals surface area contributed by atoms with E-state index in [0.29, 0.717) is 0 Å². The number of rotatable bonds is 1. The Balaban J connectivity index is 2.53. The van der Waals surface area contributed by atoms with E-state index in [0.717, 1.165) is 24.3 Å². The number of hydrogen-bond donors (Lipinski definition) is 0. The second-order valence-electron chi connectivity index (χ2n) is 4.25. The summed E-state index contributed by atoms with van der Waals surface area (Å²) in [4.78, 5) is 10.1. The first-order chi connectivity index (χ1) is 9.39. The van der Waals surface area contributed by atoms with Gasteiger partial charge in [-0.1, -0.05) is 18.2 Å². The molecule has 2 nitrogen and oxygen atoms in total. The average molecular weight is 319 g/mol. The Labute approximate surface area is 111 Å². The van der Waals surface area contributed by atoms with Crippen LogP contribution in [-0.2, 0) is 0 Å². The van der Waals surface area contributed by atoms with Gasteiger partial charge in [-0.3, -0.25) is 4.79 Å². The third-order valence-corrected chi connectivity index (χ3v) is 3.05. The van der Waals surface area contributed by atoms with Crippen molar-refractivity contribution >= 4 is 5.91 Å². The molecule has 0 N–H and O–H groups in total. The summed E-state index contributed by atoms with van der Waals surface area (Å²) in [7, 11) is 0. The monoisotopic (exact) mass is 319 g/mol. The van der Waals surface area contributed by atoms with Crippen LogP contribution in [0.15, 0.2) is 30.3 Å². The third-order valence-electron chi connectivity index (χ3n) is 3.05. The molecule has 21 heavy (non-hydrogen) atoms. The van der Waals surface area contributed by atoms with Crippen molar-refractivity contribution < 1.29 is 39.9 Å². The van der Waals surface area contributed by atoms with Crippen molar-refractivity contribution in [3.63, 3.8) is 0 Å². The van der Waals surface area contributed by atoms with Crippen molar-refractivity contribution in [2.45, 2.75) is 23.9 Å². The number of hydrogen-bond acceptors (Lipinski definition) is 1. The van der Waals surface area contributed by atoms with Crippen LogP contribution >= 0.6 is 0 Å². The van der Waals surface area contributed by atoms with Gasteiger partial charge in [0.1, 0.15) is 0 Å². The van der Waals surface area contributed by atoms with Crippen molar-refractivity contribution in [1.82, 2.24) is 4.90 Å². The molecule has 1 heterocycles. The van der Waals surface area contributed by atoms with E-state index in [-0.39, 0.29) is 0 Å².